The SMILES string of the molecule is CC(Cl)Cc1cc2c(cc1[N+](=O)[O-])OCCO2. The van der Waals surface area contributed by atoms with E-state index in [1.807, 2.05) is 0 Å². The van der Waals surface area contributed by atoms with Gasteiger partial charge in [-0.2, -0.15) is 0 Å². The van der Waals surface area contributed by atoms with Gasteiger partial charge in [0.25, 0.3) is 5.69 Å². The van der Waals surface area contributed by atoms with Gasteiger partial charge in [-0.1, -0.05) is 0 Å². The van der Waals surface area contributed by atoms with E-state index in [1.165, 1.54) is 6.07 Å². The van der Waals surface area contributed by atoms with Crippen molar-refractivity contribution >= 4 is 17.3 Å². The molecular formula is C11H12ClNO4. The summed E-state index contributed by atoms with van der Waals surface area (Å²) in [5.74, 6) is 0.975. The number of nitro groups is 1. The zero-order chi connectivity index (χ0) is 12.4. The molecule has 0 N–H and O–H groups in total. The number of halogens is 1. The Hall–Kier alpha value is -1.49. The molecule has 1 aliphatic rings. The van der Waals surface area contributed by atoms with Crippen molar-refractivity contribution in [3.63, 3.8) is 0 Å². The van der Waals surface area contributed by atoms with Crippen LogP contribution >= 0.6 is 11.6 Å². The van der Waals surface area contributed by atoms with Crippen LogP contribution in [0.3, 0.4) is 0 Å². The summed E-state index contributed by atoms with van der Waals surface area (Å²) < 4.78 is 10.7. The molecule has 1 heterocycles. The second-order valence-corrected chi connectivity index (χ2v) is 4.61. The van der Waals surface area contributed by atoms with E-state index in [4.69, 9.17) is 21.1 Å². The molecule has 0 saturated carbocycles. The molecule has 0 radical (unpaired) electrons. The van der Waals surface area contributed by atoms with Crippen molar-refractivity contribution < 1.29 is 14.4 Å². The van der Waals surface area contributed by atoms with Crippen LogP contribution in [0.5, 0.6) is 11.5 Å². The molecule has 2 rings (SSSR count). The van der Waals surface area contributed by atoms with Crippen molar-refractivity contribution in [2.24, 2.45) is 0 Å². The molecule has 92 valence electrons. The Kier molecular flexibility index (Phi) is 3.38. The van der Waals surface area contributed by atoms with Gasteiger partial charge in [0, 0.05) is 10.9 Å². The maximum Gasteiger partial charge on any atom is 0.276 e. The van der Waals surface area contributed by atoms with Crippen LogP contribution in [0, 0.1) is 10.1 Å². The van der Waals surface area contributed by atoms with E-state index < -0.39 is 4.92 Å². The first kappa shape index (κ1) is 12.0. The number of hydrogen-bond acceptors (Lipinski definition) is 4. The minimum Gasteiger partial charge on any atom is -0.486 e. The van der Waals surface area contributed by atoms with Gasteiger partial charge in [0.15, 0.2) is 11.5 Å². The van der Waals surface area contributed by atoms with Crippen molar-refractivity contribution in [1.29, 1.82) is 0 Å². The van der Waals surface area contributed by atoms with Gasteiger partial charge in [0.1, 0.15) is 13.2 Å². The molecule has 0 spiro atoms. The molecule has 0 saturated heterocycles. The molecule has 1 aromatic carbocycles. The number of rotatable bonds is 3. The van der Waals surface area contributed by atoms with E-state index in [0.29, 0.717) is 36.7 Å². The molecule has 0 aromatic heterocycles. The lowest BCUT2D eigenvalue weighted by Gasteiger charge is -2.19. The lowest BCUT2D eigenvalue weighted by atomic mass is 10.1. The predicted molar refractivity (Wildman–Crippen MR) is 63.1 cm³/mol. The van der Waals surface area contributed by atoms with Crippen molar-refractivity contribution in [2.75, 3.05) is 13.2 Å². The standard InChI is InChI=1S/C11H12ClNO4/c1-7(12)4-8-5-10-11(17-3-2-16-10)6-9(8)13(14)15/h5-7H,2-4H2,1H3. The third-order valence-electron chi connectivity index (χ3n) is 2.44. The number of benzene rings is 1. The van der Waals surface area contributed by atoms with Gasteiger partial charge in [-0.3, -0.25) is 10.1 Å². The third kappa shape index (κ3) is 2.61. The first-order valence-corrected chi connectivity index (χ1v) is 5.72. The van der Waals surface area contributed by atoms with Gasteiger partial charge in [-0.25, -0.2) is 0 Å². The molecule has 0 bridgehead atoms. The smallest absolute Gasteiger partial charge is 0.276 e. The first-order valence-electron chi connectivity index (χ1n) is 5.29. The Morgan fingerprint density at radius 3 is 2.53 bits per heavy atom. The van der Waals surface area contributed by atoms with Crippen LogP contribution in [-0.2, 0) is 6.42 Å². The van der Waals surface area contributed by atoms with E-state index >= 15 is 0 Å². The summed E-state index contributed by atoms with van der Waals surface area (Å²) >= 11 is 5.88. The maximum atomic E-state index is 11.0. The van der Waals surface area contributed by atoms with Crippen molar-refractivity contribution in [3.05, 3.63) is 27.8 Å². The Morgan fingerprint density at radius 2 is 2.00 bits per heavy atom. The second kappa shape index (κ2) is 4.79. The maximum absolute atomic E-state index is 11.0. The average Bonchev–Trinajstić information content (AvgIpc) is 2.27. The average molecular weight is 258 g/mol. The van der Waals surface area contributed by atoms with E-state index in [-0.39, 0.29) is 11.1 Å². The Labute approximate surface area is 103 Å². The van der Waals surface area contributed by atoms with Crippen LogP contribution < -0.4 is 9.47 Å². The number of fused-ring (bicyclic) bond motifs is 1. The minimum atomic E-state index is -0.424. The van der Waals surface area contributed by atoms with Crippen molar-refractivity contribution in [3.8, 4) is 11.5 Å². The number of alkyl halides is 1. The van der Waals surface area contributed by atoms with Gasteiger partial charge >= 0.3 is 0 Å². The topological polar surface area (TPSA) is 61.6 Å². The molecule has 6 heteroatoms. The number of nitrogens with zero attached hydrogens (tertiary/aromatic N) is 1. The summed E-state index contributed by atoms with van der Waals surface area (Å²) in [5, 5.41) is 10.8. The number of nitro benzene ring substituents is 1. The fourth-order valence-corrected chi connectivity index (χ4v) is 1.92. The zero-order valence-corrected chi connectivity index (χ0v) is 10.1. The Balaban J connectivity index is 2.44. The van der Waals surface area contributed by atoms with E-state index in [0.717, 1.165) is 0 Å². The van der Waals surface area contributed by atoms with Crippen LogP contribution in [0.1, 0.15) is 12.5 Å². The van der Waals surface area contributed by atoms with Crippen LogP contribution in [0.2, 0.25) is 0 Å². The molecule has 0 fully saturated rings. The largest absolute Gasteiger partial charge is 0.486 e. The van der Waals surface area contributed by atoms with E-state index in [2.05, 4.69) is 0 Å². The highest BCUT2D eigenvalue weighted by molar-refractivity contribution is 6.20. The van der Waals surface area contributed by atoms with Gasteiger partial charge in [0.2, 0.25) is 0 Å². The summed E-state index contributed by atoms with van der Waals surface area (Å²) in [5.41, 5.74) is 0.600. The highest BCUT2D eigenvalue weighted by Crippen LogP contribution is 2.37. The van der Waals surface area contributed by atoms with Gasteiger partial charge in [-0.05, 0) is 19.4 Å². The Morgan fingerprint density at radius 1 is 1.41 bits per heavy atom. The van der Waals surface area contributed by atoms with E-state index in [9.17, 15) is 10.1 Å². The summed E-state index contributed by atoms with van der Waals surface area (Å²) in [6.45, 7) is 2.66. The van der Waals surface area contributed by atoms with Gasteiger partial charge in [0.05, 0.1) is 11.0 Å². The molecule has 5 nitrogen and oxygen atoms in total. The third-order valence-corrected chi connectivity index (χ3v) is 2.60. The zero-order valence-electron chi connectivity index (χ0n) is 9.31. The minimum absolute atomic E-state index is 0.0294. The van der Waals surface area contributed by atoms with Crippen LogP contribution in [0.25, 0.3) is 0 Å². The normalized spacial score (nSPS) is 15.4. The molecular weight excluding hydrogens is 246 g/mol. The fourth-order valence-electron chi connectivity index (χ4n) is 1.76. The van der Waals surface area contributed by atoms with Crippen LogP contribution in [0.15, 0.2) is 12.1 Å². The molecule has 17 heavy (non-hydrogen) atoms. The van der Waals surface area contributed by atoms with E-state index in [1.54, 1.807) is 13.0 Å². The lowest BCUT2D eigenvalue weighted by molar-refractivity contribution is -0.385. The highest BCUT2D eigenvalue weighted by atomic mass is 35.5. The first-order chi connectivity index (χ1) is 8.08. The summed E-state index contributed by atoms with van der Waals surface area (Å²) in [6, 6.07) is 3.05. The number of hydrogen-bond donors (Lipinski definition) is 0. The molecule has 1 aromatic rings. The summed E-state index contributed by atoms with van der Waals surface area (Å²) in [6.07, 6.45) is 0.425. The fraction of sp³-hybridized carbons (Fsp3) is 0.455. The monoisotopic (exact) mass is 257 g/mol. The molecule has 0 amide bonds. The molecule has 1 atom stereocenters. The number of ether oxygens (including phenoxy) is 2. The van der Waals surface area contributed by atoms with Crippen LogP contribution in [-0.4, -0.2) is 23.5 Å². The summed E-state index contributed by atoms with van der Waals surface area (Å²) in [7, 11) is 0. The van der Waals surface area contributed by atoms with Gasteiger partial charge < -0.3 is 9.47 Å². The predicted octanol–water partition coefficient (Wildman–Crippen LogP) is 2.54. The lowest BCUT2D eigenvalue weighted by Crippen LogP contribution is -2.16. The molecule has 1 unspecified atom stereocenters. The van der Waals surface area contributed by atoms with Crippen molar-refractivity contribution in [1.82, 2.24) is 0 Å². The quantitative estimate of drug-likeness (QED) is 0.474. The molecule has 1 aliphatic heterocycles. The van der Waals surface area contributed by atoms with Crippen molar-refractivity contribution in [2.45, 2.75) is 18.7 Å². The van der Waals surface area contributed by atoms with Crippen LogP contribution in [0.4, 0.5) is 5.69 Å². The summed E-state index contributed by atoms with van der Waals surface area (Å²) in [4.78, 5) is 10.5. The Bertz CT molecular complexity index is 447. The highest BCUT2D eigenvalue weighted by Gasteiger charge is 2.22. The molecule has 0 aliphatic carbocycles. The second-order valence-electron chi connectivity index (χ2n) is 3.87. The van der Waals surface area contributed by atoms with Gasteiger partial charge in [-0.15, -0.1) is 11.6 Å².